The van der Waals surface area contributed by atoms with Gasteiger partial charge in [-0.25, -0.2) is 9.69 Å². The van der Waals surface area contributed by atoms with Gasteiger partial charge in [0.1, 0.15) is 11.5 Å². The van der Waals surface area contributed by atoms with E-state index in [4.69, 9.17) is 23.2 Å². The van der Waals surface area contributed by atoms with Gasteiger partial charge in [-0.15, -0.1) is 0 Å². The second-order valence-electron chi connectivity index (χ2n) is 4.53. The van der Waals surface area contributed by atoms with Crippen molar-refractivity contribution in [2.24, 2.45) is 4.99 Å². The lowest BCUT2D eigenvalue weighted by Gasteiger charge is -2.14. The van der Waals surface area contributed by atoms with Crippen molar-refractivity contribution < 1.29 is 19.5 Å². The largest absolute Gasteiger partial charge is 0.512 e. The monoisotopic (exact) mass is 340 g/mol. The first-order chi connectivity index (χ1) is 10.2. The number of aliphatic hydroxyl groups excluding tert-OH is 1. The molecule has 1 heterocycles. The fourth-order valence-corrected chi connectivity index (χ4v) is 2.55. The number of nitrogens with zero attached hydrogens (tertiary/aromatic N) is 2. The van der Waals surface area contributed by atoms with Gasteiger partial charge >= 0.3 is 6.03 Å². The Balaban J connectivity index is 2.50. The SMILES string of the molecule is CC(=O)/C(C1=NC(=O)N(c2cc(Cl)cc(Cl)c2)C1=O)=C(/C)O. The predicted octanol–water partition coefficient (Wildman–Crippen LogP) is 3.32. The fraction of sp³-hybridized carbons (Fsp3) is 0.143. The Labute approximate surface area is 135 Å². The van der Waals surface area contributed by atoms with Gasteiger partial charge in [-0.2, -0.15) is 4.99 Å². The first-order valence-electron chi connectivity index (χ1n) is 6.06. The number of aliphatic imine (C=N–C) groups is 1. The summed E-state index contributed by atoms with van der Waals surface area (Å²) in [7, 11) is 0. The number of urea groups is 1. The molecular weight excluding hydrogens is 331 g/mol. The molecule has 3 amide bonds. The van der Waals surface area contributed by atoms with E-state index in [0.717, 1.165) is 11.8 Å². The fourth-order valence-electron chi connectivity index (χ4n) is 2.04. The van der Waals surface area contributed by atoms with Crippen molar-refractivity contribution in [1.29, 1.82) is 0 Å². The van der Waals surface area contributed by atoms with E-state index in [0.29, 0.717) is 0 Å². The van der Waals surface area contributed by atoms with Gasteiger partial charge in [0.15, 0.2) is 5.78 Å². The van der Waals surface area contributed by atoms with Gasteiger partial charge in [0.05, 0.1) is 11.3 Å². The predicted molar refractivity (Wildman–Crippen MR) is 82.8 cm³/mol. The van der Waals surface area contributed by atoms with E-state index in [1.807, 2.05) is 0 Å². The van der Waals surface area contributed by atoms with Gasteiger partial charge in [-0.3, -0.25) is 9.59 Å². The van der Waals surface area contributed by atoms with Crippen LogP contribution in [0.25, 0.3) is 0 Å². The Bertz CT molecular complexity index is 744. The molecule has 1 aromatic carbocycles. The molecule has 114 valence electrons. The summed E-state index contributed by atoms with van der Waals surface area (Å²) < 4.78 is 0. The van der Waals surface area contributed by atoms with Crippen LogP contribution in [-0.4, -0.2) is 28.5 Å². The summed E-state index contributed by atoms with van der Waals surface area (Å²) in [6.45, 7) is 2.39. The molecule has 0 bridgehead atoms. The van der Waals surface area contributed by atoms with Crippen LogP contribution >= 0.6 is 23.2 Å². The highest BCUT2D eigenvalue weighted by molar-refractivity contribution is 6.61. The Morgan fingerprint density at radius 2 is 1.68 bits per heavy atom. The zero-order valence-electron chi connectivity index (χ0n) is 11.6. The number of amides is 3. The number of hydrogen-bond acceptors (Lipinski definition) is 4. The number of benzene rings is 1. The van der Waals surface area contributed by atoms with E-state index in [9.17, 15) is 19.5 Å². The molecule has 0 fully saturated rings. The van der Waals surface area contributed by atoms with Gasteiger partial charge in [0.25, 0.3) is 5.91 Å². The van der Waals surface area contributed by atoms with Crippen molar-refractivity contribution in [1.82, 2.24) is 0 Å². The molecule has 1 N–H and O–H groups in total. The van der Waals surface area contributed by atoms with Crippen molar-refractivity contribution >= 4 is 52.3 Å². The summed E-state index contributed by atoms with van der Waals surface area (Å²) in [5, 5.41) is 10.0. The van der Waals surface area contributed by atoms with Gasteiger partial charge in [-0.1, -0.05) is 23.2 Å². The van der Waals surface area contributed by atoms with Crippen LogP contribution in [-0.2, 0) is 9.59 Å². The summed E-state index contributed by atoms with van der Waals surface area (Å²) in [5.74, 6) is -1.80. The van der Waals surface area contributed by atoms with Crippen molar-refractivity contribution in [3.05, 3.63) is 39.6 Å². The molecule has 0 aliphatic carbocycles. The summed E-state index contributed by atoms with van der Waals surface area (Å²) in [4.78, 5) is 40.2. The minimum absolute atomic E-state index is 0.129. The Hall–Kier alpha value is -2.18. The van der Waals surface area contributed by atoms with Gasteiger partial charge in [0, 0.05) is 10.0 Å². The standard InChI is InChI=1S/C14H10Cl2N2O4/c1-6(19)11(7(2)20)12-13(21)18(14(22)17-12)10-4-8(15)3-9(16)5-10/h3-5,19H,1-2H3/b11-6+. The third-order valence-corrected chi connectivity index (χ3v) is 3.30. The van der Waals surface area contributed by atoms with Gasteiger partial charge in [0.2, 0.25) is 0 Å². The smallest absolute Gasteiger partial charge is 0.355 e. The minimum Gasteiger partial charge on any atom is -0.512 e. The molecule has 0 radical (unpaired) electrons. The number of carbonyl (C=O) groups excluding carboxylic acids is 3. The summed E-state index contributed by atoms with van der Waals surface area (Å²) in [5.41, 5.74) is -0.577. The van der Waals surface area contributed by atoms with E-state index in [2.05, 4.69) is 4.99 Å². The van der Waals surface area contributed by atoms with Crippen LogP contribution in [0.5, 0.6) is 0 Å². The number of Topliss-reactive ketones (excluding diaryl/α,β-unsaturated/α-hetero) is 1. The number of halogens is 2. The molecule has 0 spiro atoms. The summed E-state index contributed by atoms with van der Waals surface area (Å²) >= 11 is 11.7. The van der Waals surface area contributed by atoms with Gasteiger partial charge in [-0.05, 0) is 32.0 Å². The molecule has 1 aliphatic rings. The maximum atomic E-state index is 12.4. The molecule has 0 saturated carbocycles. The average molecular weight is 341 g/mol. The number of imide groups is 1. The zero-order valence-corrected chi connectivity index (χ0v) is 13.1. The highest BCUT2D eigenvalue weighted by Crippen LogP contribution is 2.29. The lowest BCUT2D eigenvalue weighted by Crippen LogP contribution is -2.34. The van der Waals surface area contributed by atoms with E-state index >= 15 is 0 Å². The Morgan fingerprint density at radius 3 is 2.14 bits per heavy atom. The Kier molecular flexibility index (Phi) is 4.35. The molecule has 1 aromatic rings. The van der Waals surface area contributed by atoms with Crippen LogP contribution in [0.15, 0.2) is 34.5 Å². The quantitative estimate of drug-likeness (QED) is 0.675. The highest BCUT2D eigenvalue weighted by Gasteiger charge is 2.38. The number of anilines is 1. The molecule has 22 heavy (non-hydrogen) atoms. The van der Waals surface area contributed by atoms with Crippen molar-refractivity contribution in [3.8, 4) is 0 Å². The topological polar surface area (TPSA) is 87.0 Å². The highest BCUT2D eigenvalue weighted by atomic mass is 35.5. The third kappa shape index (κ3) is 2.88. The molecular formula is C14H10Cl2N2O4. The van der Waals surface area contributed by atoms with E-state index in [-0.39, 0.29) is 21.3 Å². The number of rotatable bonds is 3. The van der Waals surface area contributed by atoms with Crippen LogP contribution in [0.2, 0.25) is 10.0 Å². The Morgan fingerprint density at radius 1 is 1.14 bits per heavy atom. The number of ketones is 1. The summed E-state index contributed by atoms with van der Waals surface area (Å²) in [6, 6.07) is 3.28. The van der Waals surface area contributed by atoms with E-state index in [1.54, 1.807) is 0 Å². The van der Waals surface area contributed by atoms with Crippen LogP contribution in [0, 0.1) is 0 Å². The third-order valence-electron chi connectivity index (χ3n) is 2.86. The molecule has 0 aromatic heterocycles. The second-order valence-corrected chi connectivity index (χ2v) is 5.40. The first-order valence-corrected chi connectivity index (χ1v) is 6.82. The number of hydrogen-bond donors (Lipinski definition) is 1. The minimum atomic E-state index is -0.890. The zero-order chi connectivity index (χ0) is 16.6. The molecule has 0 unspecified atom stereocenters. The van der Waals surface area contributed by atoms with E-state index in [1.165, 1.54) is 25.1 Å². The average Bonchev–Trinajstić information content (AvgIpc) is 2.62. The number of aliphatic hydroxyl groups is 1. The maximum absolute atomic E-state index is 12.4. The number of allylic oxidation sites excluding steroid dienone is 1. The van der Waals surface area contributed by atoms with Crippen molar-refractivity contribution in [2.75, 3.05) is 4.90 Å². The first kappa shape index (κ1) is 16.2. The molecule has 0 atom stereocenters. The lowest BCUT2D eigenvalue weighted by molar-refractivity contribution is -0.114. The lowest BCUT2D eigenvalue weighted by atomic mass is 10.0. The van der Waals surface area contributed by atoms with Crippen molar-refractivity contribution in [3.63, 3.8) is 0 Å². The summed E-state index contributed by atoms with van der Waals surface area (Å²) in [6.07, 6.45) is 0. The van der Waals surface area contributed by atoms with E-state index < -0.39 is 29.2 Å². The molecule has 1 aliphatic heterocycles. The molecule has 8 heteroatoms. The van der Waals surface area contributed by atoms with Crippen LogP contribution in [0.4, 0.5) is 10.5 Å². The van der Waals surface area contributed by atoms with Crippen LogP contribution < -0.4 is 4.90 Å². The van der Waals surface area contributed by atoms with Gasteiger partial charge < -0.3 is 5.11 Å². The van der Waals surface area contributed by atoms with Crippen molar-refractivity contribution in [2.45, 2.75) is 13.8 Å². The number of carbonyl (C=O) groups is 3. The molecule has 6 nitrogen and oxygen atoms in total. The normalized spacial score (nSPS) is 15.8. The second kappa shape index (κ2) is 5.90. The molecule has 0 saturated heterocycles. The van der Waals surface area contributed by atoms with Crippen LogP contribution in [0.3, 0.4) is 0 Å². The maximum Gasteiger partial charge on any atom is 0.355 e. The molecule has 2 rings (SSSR count). The van der Waals surface area contributed by atoms with Crippen LogP contribution in [0.1, 0.15) is 13.8 Å².